The molecule has 1 fully saturated rings. The van der Waals surface area contributed by atoms with Gasteiger partial charge in [-0.3, -0.25) is 0 Å². The molecule has 1 aromatic carbocycles. The molecule has 2 nitrogen and oxygen atoms in total. The zero-order valence-corrected chi connectivity index (χ0v) is 12.2. The van der Waals surface area contributed by atoms with E-state index in [0.717, 1.165) is 11.6 Å². The first-order chi connectivity index (χ1) is 8.65. The number of nitrogens with one attached hydrogen (secondary N) is 2. The first-order valence-corrected chi connectivity index (χ1v) is 7.26. The average Bonchev–Trinajstić information content (AvgIpc) is 2.35. The number of halogens is 1. The van der Waals surface area contributed by atoms with E-state index in [0.29, 0.717) is 16.2 Å². The lowest BCUT2D eigenvalue weighted by molar-refractivity contribution is 0.332. The second-order valence-corrected chi connectivity index (χ2v) is 5.85. The first kappa shape index (κ1) is 13.6. The normalized spacial score (nSPS) is 23.4. The molecule has 18 heavy (non-hydrogen) atoms. The Morgan fingerprint density at radius 2 is 1.89 bits per heavy atom. The summed E-state index contributed by atoms with van der Waals surface area (Å²) >= 11 is 11.4. The number of hydrogen-bond acceptors (Lipinski definition) is 1. The average molecular weight is 283 g/mol. The van der Waals surface area contributed by atoms with Crippen molar-refractivity contribution in [1.82, 2.24) is 5.32 Å². The van der Waals surface area contributed by atoms with Crippen molar-refractivity contribution in [2.45, 2.75) is 38.6 Å². The summed E-state index contributed by atoms with van der Waals surface area (Å²) < 4.78 is 0. The van der Waals surface area contributed by atoms with Gasteiger partial charge in [0.2, 0.25) is 0 Å². The summed E-state index contributed by atoms with van der Waals surface area (Å²) in [6.45, 7) is 2.32. The van der Waals surface area contributed by atoms with E-state index in [9.17, 15) is 0 Å². The van der Waals surface area contributed by atoms with Gasteiger partial charge in [0.1, 0.15) is 0 Å². The Labute approximate surface area is 119 Å². The van der Waals surface area contributed by atoms with Crippen molar-refractivity contribution in [3.05, 3.63) is 29.3 Å². The molecule has 0 bridgehead atoms. The van der Waals surface area contributed by atoms with E-state index >= 15 is 0 Å². The predicted octanol–water partition coefficient (Wildman–Crippen LogP) is 4.21. The van der Waals surface area contributed by atoms with Gasteiger partial charge in [0, 0.05) is 6.04 Å². The molecule has 1 aromatic rings. The monoisotopic (exact) mass is 282 g/mol. The molecular weight excluding hydrogens is 264 g/mol. The van der Waals surface area contributed by atoms with Crippen molar-refractivity contribution >= 4 is 34.6 Å². The van der Waals surface area contributed by atoms with Gasteiger partial charge >= 0.3 is 0 Å². The van der Waals surface area contributed by atoms with Gasteiger partial charge in [-0.1, -0.05) is 30.7 Å². The Hall–Kier alpha value is -0.800. The van der Waals surface area contributed by atoms with Gasteiger partial charge in [-0.25, -0.2) is 0 Å². The lowest BCUT2D eigenvalue weighted by Gasteiger charge is -2.28. The van der Waals surface area contributed by atoms with Crippen LogP contribution in [0, 0.1) is 5.92 Å². The van der Waals surface area contributed by atoms with Crippen LogP contribution in [0.2, 0.25) is 5.02 Å². The molecule has 1 aliphatic carbocycles. The minimum Gasteiger partial charge on any atom is -0.360 e. The summed E-state index contributed by atoms with van der Waals surface area (Å²) in [7, 11) is 0. The van der Waals surface area contributed by atoms with Crippen LogP contribution < -0.4 is 10.6 Å². The highest BCUT2D eigenvalue weighted by molar-refractivity contribution is 7.80. The van der Waals surface area contributed by atoms with Crippen LogP contribution in [0.5, 0.6) is 0 Å². The molecule has 98 valence electrons. The largest absolute Gasteiger partial charge is 0.360 e. The van der Waals surface area contributed by atoms with E-state index in [1.807, 2.05) is 24.3 Å². The molecule has 0 heterocycles. The summed E-state index contributed by atoms with van der Waals surface area (Å²) in [6.07, 6.45) is 4.97. The standard InChI is InChI=1S/C14H19ClN2S/c1-10-6-8-11(9-7-10)16-14(18)17-13-5-3-2-4-12(13)15/h2-5,10-11H,6-9H2,1H3,(H2,16,17,18). The van der Waals surface area contributed by atoms with Gasteiger partial charge in [0.25, 0.3) is 0 Å². The van der Waals surface area contributed by atoms with Gasteiger partial charge in [-0.15, -0.1) is 0 Å². The minimum atomic E-state index is 0.503. The minimum absolute atomic E-state index is 0.503. The number of thiocarbonyl (C=S) groups is 1. The van der Waals surface area contributed by atoms with Gasteiger partial charge in [0.15, 0.2) is 5.11 Å². The van der Waals surface area contributed by atoms with Crippen LogP contribution in [0.4, 0.5) is 5.69 Å². The molecule has 1 saturated carbocycles. The maximum absolute atomic E-state index is 6.08. The van der Waals surface area contributed by atoms with Crippen molar-refractivity contribution in [3.63, 3.8) is 0 Å². The van der Waals surface area contributed by atoms with E-state index in [-0.39, 0.29) is 0 Å². The first-order valence-electron chi connectivity index (χ1n) is 6.47. The molecule has 2 rings (SSSR count). The smallest absolute Gasteiger partial charge is 0.171 e. The molecule has 0 aromatic heterocycles. The van der Waals surface area contributed by atoms with Crippen LogP contribution in [0.15, 0.2) is 24.3 Å². The van der Waals surface area contributed by atoms with Crippen LogP contribution >= 0.6 is 23.8 Å². The fourth-order valence-corrected chi connectivity index (χ4v) is 2.77. The quantitative estimate of drug-likeness (QED) is 0.795. The highest BCUT2D eigenvalue weighted by Crippen LogP contribution is 2.24. The highest BCUT2D eigenvalue weighted by Gasteiger charge is 2.18. The number of benzene rings is 1. The fourth-order valence-electron chi connectivity index (χ4n) is 2.31. The Kier molecular flexibility index (Phi) is 4.84. The van der Waals surface area contributed by atoms with Gasteiger partial charge in [0.05, 0.1) is 10.7 Å². The second-order valence-electron chi connectivity index (χ2n) is 5.04. The highest BCUT2D eigenvalue weighted by atomic mass is 35.5. The molecule has 0 aliphatic heterocycles. The van der Waals surface area contributed by atoms with Crippen LogP contribution in [0.3, 0.4) is 0 Å². The molecule has 0 amide bonds. The maximum Gasteiger partial charge on any atom is 0.171 e. The number of anilines is 1. The zero-order valence-electron chi connectivity index (χ0n) is 10.6. The third-order valence-corrected chi connectivity index (χ3v) is 4.02. The Morgan fingerprint density at radius 3 is 2.56 bits per heavy atom. The molecule has 0 saturated heterocycles. The lowest BCUT2D eigenvalue weighted by atomic mass is 9.87. The van der Waals surface area contributed by atoms with Gasteiger partial charge < -0.3 is 10.6 Å². The Bertz CT molecular complexity index is 414. The van der Waals surface area contributed by atoms with E-state index in [2.05, 4.69) is 17.6 Å². The van der Waals surface area contributed by atoms with Crippen molar-refractivity contribution in [2.75, 3.05) is 5.32 Å². The Balaban J connectivity index is 1.84. The lowest BCUT2D eigenvalue weighted by Crippen LogP contribution is -2.39. The zero-order chi connectivity index (χ0) is 13.0. The van der Waals surface area contributed by atoms with E-state index in [4.69, 9.17) is 23.8 Å². The van der Waals surface area contributed by atoms with E-state index < -0.39 is 0 Å². The number of para-hydroxylation sites is 1. The molecule has 0 radical (unpaired) electrons. The molecule has 4 heteroatoms. The van der Waals surface area contributed by atoms with Crippen molar-refractivity contribution in [1.29, 1.82) is 0 Å². The fraction of sp³-hybridized carbons (Fsp3) is 0.500. The summed E-state index contributed by atoms with van der Waals surface area (Å²) in [4.78, 5) is 0. The van der Waals surface area contributed by atoms with Gasteiger partial charge in [-0.05, 0) is 56.0 Å². The molecule has 2 N–H and O–H groups in total. The second kappa shape index (κ2) is 6.39. The van der Waals surface area contributed by atoms with E-state index in [1.165, 1.54) is 25.7 Å². The topological polar surface area (TPSA) is 24.1 Å². The molecule has 0 unspecified atom stereocenters. The summed E-state index contributed by atoms with van der Waals surface area (Å²) in [5, 5.41) is 7.90. The molecule has 0 spiro atoms. The van der Waals surface area contributed by atoms with E-state index in [1.54, 1.807) is 0 Å². The molecule has 0 atom stereocenters. The van der Waals surface area contributed by atoms with Crippen molar-refractivity contribution in [2.24, 2.45) is 5.92 Å². The maximum atomic E-state index is 6.08. The third-order valence-electron chi connectivity index (χ3n) is 3.47. The summed E-state index contributed by atoms with van der Waals surface area (Å²) in [5.41, 5.74) is 0.862. The van der Waals surface area contributed by atoms with Crippen molar-refractivity contribution < 1.29 is 0 Å². The van der Waals surface area contributed by atoms with Crippen LogP contribution in [-0.2, 0) is 0 Å². The summed E-state index contributed by atoms with van der Waals surface area (Å²) in [5.74, 6) is 0.855. The third kappa shape index (κ3) is 3.85. The number of hydrogen-bond donors (Lipinski definition) is 2. The van der Waals surface area contributed by atoms with Crippen LogP contribution in [0.25, 0.3) is 0 Å². The molecule has 1 aliphatic rings. The molecular formula is C14H19ClN2S. The van der Waals surface area contributed by atoms with Crippen LogP contribution in [0.1, 0.15) is 32.6 Å². The van der Waals surface area contributed by atoms with Gasteiger partial charge in [-0.2, -0.15) is 0 Å². The summed E-state index contributed by atoms with van der Waals surface area (Å²) in [6, 6.07) is 8.14. The van der Waals surface area contributed by atoms with Crippen LogP contribution in [-0.4, -0.2) is 11.2 Å². The number of rotatable bonds is 2. The predicted molar refractivity (Wildman–Crippen MR) is 82.2 cm³/mol. The van der Waals surface area contributed by atoms with Crippen molar-refractivity contribution in [3.8, 4) is 0 Å². The Morgan fingerprint density at radius 1 is 1.22 bits per heavy atom. The SMILES string of the molecule is CC1CCC(NC(=S)Nc2ccccc2Cl)CC1.